The monoisotopic (exact) mass is 375 g/mol. The van der Waals surface area contributed by atoms with Crippen molar-refractivity contribution >= 4 is 29.2 Å². The number of hydrogen-bond donors (Lipinski definition) is 3. The van der Waals surface area contributed by atoms with Gasteiger partial charge in [-0.25, -0.2) is 4.79 Å². The summed E-state index contributed by atoms with van der Waals surface area (Å²) in [4.78, 5) is 25.5. The van der Waals surface area contributed by atoms with Gasteiger partial charge in [0.1, 0.15) is 0 Å². The normalized spacial score (nSPS) is 11.5. The van der Waals surface area contributed by atoms with Gasteiger partial charge in [-0.05, 0) is 48.4 Å². The first-order valence-corrected chi connectivity index (χ1v) is 8.51. The third kappa shape index (κ3) is 5.75. The van der Waals surface area contributed by atoms with Gasteiger partial charge in [-0.15, -0.1) is 0 Å². The van der Waals surface area contributed by atoms with Gasteiger partial charge in [0, 0.05) is 30.4 Å². The van der Waals surface area contributed by atoms with Crippen molar-refractivity contribution in [3.8, 4) is 0 Å². The summed E-state index contributed by atoms with van der Waals surface area (Å²) in [6.07, 6.45) is 0.445. The van der Waals surface area contributed by atoms with Crippen LogP contribution in [0.3, 0.4) is 0 Å². The number of nitrogens with one attached hydrogen (secondary N) is 2. The molecule has 7 heteroatoms. The van der Waals surface area contributed by atoms with Crippen LogP contribution in [0.5, 0.6) is 0 Å². The van der Waals surface area contributed by atoms with E-state index < -0.39 is 12.1 Å². The Labute approximate surface area is 157 Å². The number of carbonyl (C=O) groups is 2. The molecule has 0 aliphatic heterocycles. The molecule has 6 nitrogen and oxygen atoms in total. The van der Waals surface area contributed by atoms with Gasteiger partial charge in [-0.1, -0.05) is 23.7 Å². The van der Waals surface area contributed by atoms with E-state index in [-0.39, 0.29) is 12.5 Å². The fourth-order valence-electron chi connectivity index (χ4n) is 2.37. The molecule has 0 spiro atoms. The van der Waals surface area contributed by atoms with Crippen molar-refractivity contribution in [3.63, 3.8) is 0 Å². The Balaban J connectivity index is 1.93. The van der Waals surface area contributed by atoms with Crippen LogP contribution in [-0.4, -0.2) is 48.7 Å². The van der Waals surface area contributed by atoms with E-state index in [1.807, 2.05) is 12.1 Å². The predicted octanol–water partition coefficient (Wildman–Crippen LogP) is 2.77. The number of halogens is 1. The maximum Gasteiger partial charge on any atom is 0.319 e. The lowest BCUT2D eigenvalue weighted by molar-refractivity contribution is 0.0827. The fraction of sp³-hybridized carbons (Fsp3) is 0.263. The molecule has 2 rings (SSSR count). The SMILES string of the molecule is CN(C)C(=O)c1ccc(CC(CO)NC(=O)Nc2ccc(Cl)cc2)cc1. The second-order valence-electron chi connectivity index (χ2n) is 6.09. The van der Waals surface area contributed by atoms with Crippen LogP contribution in [0.25, 0.3) is 0 Å². The smallest absolute Gasteiger partial charge is 0.319 e. The second-order valence-corrected chi connectivity index (χ2v) is 6.52. The third-order valence-corrected chi connectivity index (χ3v) is 4.00. The Kier molecular flexibility index (Phi) is 7.00. The number of anilines is 1. The predicted molar refractivity (Wildman–Crippen MR) is 103 cm³/mol. The number of rotatable bonds is 6. The van der Waals surface area contributed by atoms with E-state index >= 15 is 0 Å². The lowest BCUT2D eigenvalue weighted by Gasteiger charge is -2.17. The number of benzene rings is 2. The molecule has 1 atom stereocenters. The number of amides is 3. The summed E-state index contributed by atoms with van der Waals surface area (Å²) in [7, 11) is 3.39. The first-order valence-electron chi connectivity index (χ1n) is 8.13. The number of hydrogen-bond acceptors (Lipinski definition) is 3. The van der Waals surface area contributed by atoms with E-state index in [2.05, 4.69) is 10.6 Å². The fourth-order valence-corrected chi connectivity index (χ4v) is 2.50. The molecule has 2 aromatic carbocycles. The lowest BCUT2D eigenvalue weighted by Crippen LogP contribution is -2.41. The van der Waals surface area contributed by atoms with E-state index in [9.17, 15) is 14.7 Å². The van der Waals surface area contributed by atoms with Crippen LogP contribution in [-0.2, 0) is 6.42 Å². The van der Waals surface area contributed by atoms with E-state index in [0.29, 0.717) is 22.7 Å². The van der Waals surface area contributed by atoms with Gasteiger partial charge in [0.2, 0.25) is 0 Å². The van der Waals surface area contributed by atoms with Gasteiger partial charge < -0.3 is 20.6 Å². The summed E-state index contributed by atoms with van der Waals surface area (Å²) in [5.41, 5.74) is 2.11. The van der Waals surface area contributed by atoms with Crippen molar-refractivity contribution in [3.05, 3.63) is 64.7 Å². The van der Waals surface area contributed by atoms with E-state index in [1.165, 1.54) is 4.90 Å². The highest BCUT2D eigenvalue weighted by atomic mass is 35.5. The zero-order valence-electron chi connectivity index (χ0n) is 14.7. The molecule has 0 saturated carbocycles. The molecule has 0 aromatic heterocycles. The molecule has 0 heterocycles. The average molecular weight is 376 g/mol. The molecule has 2 aromatic rings. The van der Waals surface area contributed by atoms with Crippen molar-refractivity contribution in [1.29, 1.82) is 0 Å². The molecule has 0 saturated heterocycles. The first kappa shape index (κ1) is 19.8. The van der Waals surface area contributed by atoms with Crippen LogP contribution in [0.15, 0.2) is 48.5 Å². The quantitative estimate of drug-likeness (QED) is 0.726. The first-order chi connectivity index (χ1) is 12.4. The van der Waals surface area contributed by atoms with Crippen LogP contribution in [0.4, 0.5) is 10.5 Å². The summed E-state index contributed by atoms with van der Waals surface area (Å²) in [6, 6.07) is 13.0. The molecule has 0 bridgehead atoms. The minimum absolute atomic E-state index is 0.0734. The van der Waals surface area contributed by atoms with E-state index in [1.54, 1.807) is 50.5 Å². The highest BCUT2D eigenvalue weighted by Gasteiger charge is 2.13. The largest absolute Gasteiger partial charge is 0.394 e. The van der Waals surface area contributed by atoms with Crippen molar-refractivity contribution in [2.75, 3.05) is 26.0 Å². The van der Waals surface area contributed by atoms with Crippen molar-refractivity contribution < 1.29 is 14.7 Å². The molecular weight excluding hydrogens is 354 g/mol. The summed E-state index contributed by atoms with van der Waals surface area (Å²) in [5.74, 6) is -0.0734. The summed E-state index contributed by atoms with van der Waals surface area (Å²) in [6.45, 7) is -0.202. The maximum absolute atomic E-state index is 12.1. The van der Waals surface area contributed by atoms with Gasteiger partial charge in [-0.3, -0.25) is 4.79 Å². The maximum atomic E-state index is 12.1. The Morgan fingerprint density at radius 3 is 2.23 bits per heavy atom. The molecule has 138 valence electrons. The Morgan fingerprint density at radius 1 is 1.08 bits per heavy atom. The minimum atomic E-state index is -0.447. The molecule has 0 aliphatic carbocycles. The lowest BCUT2D eigenvalue weighted by atomic mass is 10.0. The molecule has 0 fully saturated rings. The number of urea groups is 1. The summed E-state index contributed by atoms with van der Waals surface area (Å²) >= 11 is 5.81. The molecule has 26 heavy (non-hydrogen) atoms. The molecule has 0 radical (unpaired) electrons. The van der Waals surface area contributed by atoms with Gasteiger partial charge in [-0.2, -0.15) is 0 Å². The Hall–Kier alpha value is -2.57. The highest BCUT2D eigenvalue weighted by Crippen LogP contribution is 2.13. The summed E-state index contributed by atoms with van der Waals surface area (Å²) < 4.78 is 0. The second kappa shape index (κ2) is 9.22. The minimum Gasteiger partial charge on any atom is -0.394 e. The van der Waals surface area contributed by atoms with Crippen LogP contribution in [0, 0.1) is 0 Å². The molecule has 1 unspecified atom stereocenters. The third-order valence-electron chi connectivity index (χ3n) is 3.75. The van der Waals surface area contributed by atoms with Crippen molar-refractivity contribution in [1.82, 2.24) is 10.2 Å². The van der Waals surface area contributed by atoms with Crippen molar-refractivity contribution in [2.24, 2.45) is 0 Å². The molecule has 3 N–H and O–H groups in total. The van der Waals surface area contributed by atoms with Crippen LogP contribution in [0.1, 0.15) is 15.9 Å². The van der Waals surface area contributed by atoms with Gasteiger partial charge >= 0.3 is 6.03 Å². The number of aliphatic hydroxyl groups excluding tert-OH is 1. The Bertz CT molecular complexity index is 746. The van der Waals surface area contributed by atoms with Gasteiger partial charge in [0.05, 0.1) is 12.6 Å². The van der Waals surface area contributed by atoms with Crippen LogP contribution in [0.2, 0.25) is 5.02 Å². The molecule has 3 amide bonds. The van der Waals surface area contributed by atoms with Gasteiger partial charge in [0.15, 0.2) is 0 Å². The van der Waals surface area contributed by atoms with Crippen LogP contribution < -0.4 is 10.6 Å². The standard InChI is InChI=1S/C19H22ClN3O3/c1-23(2)18(25)14-5-3-13(4-6-14)11-17(12-24)22-19(26)21-16-9-7-15(20)8-10-16/h3-10,17,24H,11-12H2,1-2H3,(H2,21,22,26). The zero-order chi connectivity index (χ0) is 19.1. The summed E-state index contributed by atoms with van der Waals surface area (Å²) in [5, 5.41) is 15.5. The van der Waals surface area contributed by atoms with Gasteiger partial charge in [0.25, 0.3) is 5.91 Å². The van der Waals surface area contributed by atoms with Crippen molar-refractivity contribution in [2.45, 2.75) is 12.5 Å². The Morgan fingerprint density at radius 2 is 1.69 bits per heavy atom. The number of aliphatic hydroxyl groups is 1. The zero-order valence-corrected chi connectivity index (χ0v) is 15.5. The topological polar surface area (TPSA) is 81.7 Å². The van der Waals surface area contributed by atoms with E-state index in [4.69, 9.17) is 11.6 Å². The van der Waals surface area contributed by atoms with E-state index in [0.717, 1.165) is 5.56 Å². The molecule has 0 aliphatic rings. The number of nitrogens with zero attached hydrogens (tertiary/aromatic N) is 1. The van der Waals surface area contributed by atoms with Crippen LogP contribution >= 0.6 is 11.6 Å². The average Bonchev–Trinajstić information content (AvgIpc) is 2.63. The highest BCUT2D eigenvalue weighted by molar-refractivity contribution is 6.30. The number of carbonyl (C=O) groups excluding carboxylic acids is 2. The molecular formula is C19H22ClN3O3.